The first-order chi connectivity index (χ1) is 18.1. The molecule has 5 rings (SSSR count). The molecule has 0 spiro atoms. The molecule has 1 aliphatic heterocycles. The summed E-state index contributed by atoms with van der Waals surface area (Å²) in [4.78, 5) is 44.6. The first kappa shape index (κ1) is 24.6. The average Bonchev–Trinajstić information content (AvgIpc) is 3.53. The molecule has 3 heterocycles. The Morgan fingerprint density at radius 3 is 2.08 bits per heavy atom. The smallest absolute Gasteiger partial charge is 0.244 e. The van der Waals surface area contributed by atoms with Gasteiger partial charge >= 0.3 is 0 Å². The van der Waals surface area contributed by atoms with Gasteiger partial charge in [-0.25, -0.2) is 0 Å². The Balaban J connectivity index is 1.35. The Kier molecular flexibility index (Phi) is 7.51. The summed E-state index contributed by atoms with van der Waals surface area (Å²) in [5.41, 5.74) is 3.88. The maximum absolute atomic E-state index is 13.6. The minimum absolute atomic E-state index is 0.113. The van der Waals surface area contributed by atoms with Crippen LogP contribution in [0.4, 0.5) is 0 Å². The first-order valence-corrected chi connectivity index (χ1v) is 12.7. The molecule has 3 amide bonds. The highest BCUT2D eigenvalue weighted by Crippen LogP contribution is 2.21. The third-order valence-electron chi connectivity index (χ3n) is 7.13. The Bertz CT molecular complexity index is 1390. The van der Waals surface area contributed by atoms with E-state index in [1.807, 2.05) is 60.9 Å². The number of piperidine rings is 1. The van der Waals surface area contributed by atoms with Gasteiger partial charge < -0.3 is 31.2 Å². The van der Waals surface area contributed by atoms with Crippen LogP contribution in [0, 0.1) is 5.92 Å². The van der Waals surface area contributed by atoms with Gasteiger partial charge in [0, 0.05) is 53.0 Å². The SMILES string of the molecule is O=CN[C@@H](Cc1c[nH]c2ccccc12)NC(=O)[C@@H](Cc1c[nH]c2ccccc12)NC(=O)C1CCNCC1. The summed E-state index contributed by atoms with van der Waals surface area (Å²) in [6, 6.07) is 15.0. The molecule has 2 aromatic carbocycles. The second-order valence-corrected chi connectivity index (χ2v) is 9.56. The minimum Gasteiger partial charge on any atom is -0.361 e. The number of H-pyrrole nitrogens is 2. The van der Waals surface area contributed by atoms with Crippen molar-refractivity contribution >= 4 is 40.0 Å². The van der Waals surface area contributed by atoms with Gasteiger partial charge in [-0.05, 0) is 49.2 Å². The predicted molar refractivity (Wildman–Crippen MR) is 143 cm³/mol. The first-order valence-electron chi connectivity index (χ1n) is 12.7. The largest absolute Gasteiger partial charge is 0.361 e. The molecule has 1 saturated heterocycles. The number of hydrogen-bond acceptors (Lipinski definition) is 4. The van der Waals surface area contributed by atoms with Gasteiger partial charge in [0.25, 0.3) is 0 Å². The molecule has 6 N–H and O–H groups in total. The van der Waals surface area contributed by atoms with Crippen molar-refractivity contribution in [1.29, 1.82) is 0 Å². The normalized spacial score (nSPS) is 15.8. The average molecular weight is 501 g/mol. The van der Waals surface area contributed by atoms with Crippen molar-refractivity contribution in [3.63, 3.8) is 0 Å². The van der Waals surface area contributed by atoms with Crippen molar-refractivity contribution in [2.24, 2.45) is 5.92 Å². The van der Waals surface area contributed by atoms with Crippen LogP contribution < -0.4 is 21.3 Å². The van der Waals surface area contributed by atoms with Gasteiger partial charge in [0.2, 0.25) is 18.2 Å². The highest BCUT2D eigenvalue weighted by Gasteiger charge is 2.29. The summed E-state index contributed by atoms with van der Waals surface area (Å²) >= 11 is 0. The number of hydrogen-bond donors (Lipinski definition) is 6. The zero-order valence-corrected chi connectivity index (χ0v) is 20.6. The zero-order chi connectivity index (χ0) is 25.6. The molecule has 2 aromatic heterocycles. The van der Waals surface area contributed by atoms with Gasteiger partial charge in [-0.3, -0.25) is 14.4 Å². The van der Waals surface area contributed by atoms with E-state index in [9.17, 15) is 14.4 Å². The van der Waals surface area contributed by atoms with Crippen LogP contribution in [0.2, 0.25) is 0 Å². The van der Waals surface area contributed by atoms with E-state index in [2.05, 4.69) is 31.2 Å². The fourth-order valence-corrected chi connectivity index (χ4v) is 5.13. The molecular weight excluding hydrogens is 468 g/mol. The molecular formula is C28H32N6O3. The highest BCUT2D eigenvalue weighted by molar-refractivity contribution is 5.90. The van der Waals surface area contributed by atoms with E-state index in [1.54, 1.807) is 0 Å². The quantitative estimate of drug-likeness (QED) is 0.147. The van der Waals surface area contributed by atoms with Crippen LogP contribution in [-0.2, 0) is 27.2 Å². The van der Waals surface area contributed by atoms with Crippen molar-refractivity contribution in [1.82, 2.24) is 31.2 Å². The number of nitrogens with one attached hydrogen (secondary N) is 6. The molecule has 4 aromatic rings. The number of aromatic nitrogens is 2. The molecule has 192 valence electrons. The summed E-state index contributed by atoms with van der Waals surface area (Å²) in [7, 11) is 0. The van der Waals surface area contributed by atoms with Gasteiger partial charge in [-0.2, -0.15) is 0 Å². The van der Waals surface area contributed by atoms with E-state index >= 15 is 0 Å². The van der Waals surface area contributed by atoms with E-state index in [0.29, 0.717) is 19.3 Å². The summed E-state index contributed by atoms with van der Waals surface area (Å²) in [6.45, 7) is 1.57. The Morgan fingerprint density at radius 1 is 0.865 bits per heavy atom. The van der Waals surface area contributed by atoms with E-state index in [1.165, 1.54) is 0 Å². The number of benzene rings is 2. The Hall–Kier alpha value is -4.11. The van der Waals surface area contributed by atoms with Crippen LogP contribution in [0.15, 0.2) is 60.9 Å². The molecule has 0 aliphatic carbocycles. The van der Waals surface area contributed by atoms with E-state index in [0.717, 1.165) is 58.9 Å². The van der Waals surface area contributed by atoms with E-state index < -0.39 is 12.2 Å². The van der Waals surface area contributed by atoms with Gasteiger partial charge in [-0.1, -0.05) is 36.4 Å². The van der Waals surface area contributed by atoms with Crippen LogP contribution >= 0.6 is 0 Å². The van der Waals surface area contributed by atoms with E-state index in [4.69, 9.17) is 0 Å². The number of carbonyl (C=O) groups is 3. The summed E-state index contributed by atoms with van der Waals surface area (Å²) in [5, 5.41) is 14.0. The monoisotopic (exact) mass is 500 g/mol. The topological polar surface area (TPSA) is 131 Å². The third kappa shape index (κ3) is 5.67. The fourth-order valence-electron chi connectivity index (χ4n) is 5.13. The second-order valence-electron chi connectivity index (χ2n) is 9.56. The van der Waals surface area contributed by atoms with Crippen LogP contribution in [0.3, 0.4) is 0 Å². The summed E-state index contributed by atoms with van der Waals surface area (Å²) in [5.74, 6) is -0.584. The standard InChI is InChI=1S/C28H32N6O3/c35-17-32-26(14-20-16-31-24-8-4-2-6-22(20)24)34-28(37)25(33-27(36)18-9-11-29-12-10-18)13-19-15-30-23-7-3-1-5-21(19)23/h1-8,15-18,25-26,29-31H,9-14H2,(H,32,35)(H,33,36)(H,34,37)/t25-,26-/m1/s1. The molecule has 0 radical (unpaired) electrons. The van der Waals surface area contributed by atoms with Crippen LogP contribution in [0.5, 0.6) is 0 Å². The molecule has 1 fully saturated rings. The number of para-hydroxylation sites is 2. The van der Waals surface area contributed by atoms with E-state index in [-0.39, 0.29) is 17.7 Å². The van der Waals surface area contributed by atoms with Crippen molar-refractivity contribution in [2.45, 2.75) is 37.9 Å². The van der Waals surface area contributed by atoms with Crippen LogP contribution in [-0.4, -0.2) is 53.5 Å². The fraction of sp³-hybridized carbons (Fsp3) is 0.321. The molecule has 9 nitrogen and oxygen atoms in total. The lowest BCUT2D eigenvalue weighted by atomic mass is 9.96. The number of rotatable bonds is 10. The van der Waals surface area contributed by atoms with Crippen LogP contribution in [0.1, 0.15) is 24.0 Å². The Labute approximate surface area is 214 Å². The lowest BCUT2D eigenvalue weighted by Gasteiger charge is -2.26. The lowest BCUT2D eigenvalue weighted by Crippen LogP contribution is -2.55. The highest BCUT2D eigenvalue weighted by atomic mass is 16.2. The molecule has 9 heteroatoms. The molecule has 0 bridgehead atoms. The number of amides is 3. The van der Waals surface area contributed by atoms with Gasteiger partial charge in [0.05, 0.1) is 0 Å². The number of fused-ring (bicyclic) bond motifs is 2. The van der Waals surface area contributed by atoms with Crippen molar-refractivity contribution in [2.75, 3.05) is 13.1 Å². The Morgan fingerprint density at radius 2 is 1.46 bits per heavy atom. The zero-order valence-electron chi connectivity index (χ0n) is 20.6. The predicted octanol–water partition coefficient (Wildman–Crippen LogP) is 2.11. The maximum Gasteiger partial charge on any atom is 0.244 e. The minimum atomic E-state index is -0.791. The maximum atomic E-state index is 13.6. The molecule has 37 heavy (non-hydrogen) atoms. The molecule has 1 aliphatic rings. The second kappa shape index (κ2) is 11.3. The van der Waals surface area contributed by atoms with Crippen molar-refractivity contribution in [3.8, 4) is 0 Å². The van der Waals surface area contributed by atoms with Crippen molar-refractivity contribution < 1.29 is 14.4 Å². The van der Waals surface area contributed by atoms with Crippen LogP contribution in [0.25, 0.3) is 21.8 Å². The molecule has 0 saturated carbocycles. The van der Waals surface area contributed by atoms with Gasteiger partial charge in [-0.15, -0.1) is 0 Å². The molecule has 0 unspecified atom stereocenters. The summed E-state index contributed by atoms with van der Waals surface area (Å²) in [6.07, 6.45) is 5.93. The molecule has 2 atom stereocenters. The number of carbonyl (C=O) groups excluding carboxylic acids is 3. The summed E-state index contributed by atoms with van der Waals surface area (Å²) < 4.78 is 0. The van der Waals surface area contributed by atoms with Gasteiger partial charge in [0.1, 0.15) is 12.2 Å². The van der Waals surface area contributed by atoms with Gasteiger partial charge in [0.15, 0.2) is 0 Å². The number of aromatic amines is 2. The third-order valence-corrected chi connectivity index (χ3v) is 7.13. The van der Waals surface area contributed by atoms with Crippen molar-refractivity contribution in [3.05, 3.63) is 72.1 Å². The lowest BCUT2D eigenvalue weighted by molar-refractivity contribution is -0.132.